The molecule has 0 aromatic heterocycles. The van der Waals surface area contributed by atoms with Gasteiger partial charge in [-0.1, -0.05) is 0 Å². The molecule has 0 radical (unpaired) electrons. The van der Waals surface area contributed by atoms with Gasteiger partial charge < -0.3 is 60.6 Å². The van der Waals surface area contributed by atoms with Gasteiger partial charge in [-0.25, -0.2) is 0 Å². The van der Waals surface area contributed by atoms with Crippen molar-refractivity contribution in [1.82, 2.24) is 0 Å². The number of nitrogens with zero attached hydrogens (tertiary/aromatic N) is 1. The molecule has 10 nitrogen and oxygen atoms in total. The molecule has 0 saturated carbocycles. The minimum Gasteiger partial charge on any atom is -1.00 e. The largest absolute Gasteiger partial charge is 1.00 e. The van der Waals surface area contributed by atoms with Crippen LogP contribution in [-0.2, 0) is 0 Å². The predicted molar refractivity (Wildman–Crippen MR) is 32.0 cm³/mol. The van der Waals surface area contributed by atoms with E-state index in [1.165, 1.54) is 0 Å². The number of hydrogen-bond donors (Lipinski definition) is 0. The first-order valence-corrected chi connectivity index (χ1v) is 0.548. The standard InChI is InChI=1S/Ce.ClH.NO3.6H2O/c;;2-1(3)4;;;;;;/h;1H;;6*1H2/q;;-1;;;;;;/p-1. The van der Waals surface area contributed by atoms with Crippen LogP contribution in [0.2, 0.25) is 0 Å². The maximum atomic E-state index is 8.25. The normalized spacial score (nSPS) is 2.00. The monoisotopic (exact) mass is 345 g/mol. The summed E-state index contributed by atoms with van der Waals surface area (Å²) in [4.78, 5) is 8.25. The quantitative estimate of drug-likeness (QED) is 0.306. The minimum absolute atomic E-state index is 0. The molecule has 12 heavy (non-hydrogen) atoms. The molecule has 12 N–H and O–H groups in total. The Bertz CT molecular complexity index is 37.5. The smallest absolute Gasteiger partial charge is 0.0689 e. The maximum Gasteiger partial charge on any atom is 0.0689 e. The molecular weight excluding hydrogens is 334 g/mol. The SMILES string of the molecule is O.O.O.O.O.O.O=[N+]([O-])[O-].[Ce].[Cl-]. The van der Waals surface area contributed by atoms with Crippen molar-refractivity contribution in [2.75, 3.05) is 0 Å². The zero-order valence-electron chi connectivity index (χ0n) is 5.55. The first-order valence-electron chi connectivity index (χ1n) is 0.548. The summed E-state index contributed by atoms with van der Waals surface area (Å²) in [6.07, 6.45) is 0. The second-order valence-corrected chi connectivity index (χ2v) is 0.224. The van der Waals surface area contributed by atoms with E-state index < -0.39 is 5.09 Å². The molecule has 0 unspecified atom stereocenters. The summed E-state index contributed by atoms with van der Waals surface area (Å²) in [5.74, 6) is 0. The van der Waals surface area contributed by atoms with Gasteiger partial charge in [0.25, 0.3) is 0 Å². The Labute approximate surface area is 107 Å². The third kappa shape index (κ3) is 2510. The van der Waals surface area contributed by atoms with Crippen LogP contribution in [0, 0.1) is 57.1 Å². The van der Waals surface area contributed by atoms with Gasteiger partial charge in [-0.3, -0.25) is 0 Å². The molecule has 0 aromatic rings. The van der Waals surface area contributed by atoms with E-state index in [-0.39, 0.29) is 87.0 Å². The summed E-state index contributed by atoms with van der Waals surface area (Å²) in [5.41, 5.74) is 0. The minimum atomic E-state index is -1.75. The Morgan fingerprint density at radius 1 is 0.750 bits per heavy atom. The molecule has 0 amide bonds. The second-order valence-electron chi connectivity index (χ2n) is 0.224. The van der Waals surface area contributed by atoms with Gasteiger partial charge in [0.05, 0.1) is 5.09 Å². The van der Waals surface area contributed by atoms with E-state index in [1.807, 2.05) is 0 Å². The molecular formula is H12CeClNO9-2. The fourth-order valence-electron chi connectivity index (χ4n) is 0. The van der Waals surface area contributed by atoms with E-state index in [4.69, 9.17) is 15.3 Å². The van der Waals surface area contributed by atoms with E-state index in [1.54, 1.807) is 0 Å². The van der Waals surface area contributed by atoms with Crippen LogP contribution in [0.3, 0.4) is 0 Å². The maximum absolute atomic E-state index is 8.25. The molecule has 0 fully saturated rings. The molecule has 12 heteroatoms. The first kappa shape index (κ1) is 130. The van der Waals surface area contributed by atoms with Gasteiger partial charge in [0, 0.05) is 41.7 Å². The number of rotatable bonds is 0. The Morgan fingerprint density at radius 2 is 0.750 bits per heavy atom. The molecule has 0 saturated heterocycles. The van der Waals surface area contributed by atoms with Gasteiger partial charge in [-0.2, -0.15) is 0 Å². The van der Waals surface area contributed by atoms with E-state index in [2.05, 4.69) is 0 Å². The summed E-state index contributed by atoms with van der Waals surface area (Å²) in [7, 11) is 0. The van der Waals surface area contributed by atoms with Crippen molar-refractivity contribution in [3.63, 3.8) is 0 Å². The topological polar surface area (TPSA) is 255 Å². The van der Waals surface area contributed by atoms with Gasteiger partial charge in [0.2, 0.25) is 0 Å². The average Bonchev–Trinajstić information content (AvgIpc) is 0.811. The molecule has 0 rings (SSSR count). The van der Waals surface area contributed by atoms with E-state index >= 15 is 0 Å². The van der Waals surface area contributed by atoms with E-state index in [0.29, 0.717) is 0 Å². The third-order valence-electron chi connectivity index (χ3n) is 0. The van der Waals surface area contributed by atoms with Crippen LogP contribution in [-0.4, -0.2) is 37.9 Å². The Hall–Kier alpha value is 0.627. The van der Waals surface area contributed by atoms with Crippen LogP contribution < -0.4 is 12.4 Å². The predicted octanol–water partition coefficient (Wildman–Crippen LogP) is -8.18. The average molecular weight is 346 g/mol. The van der Waals surface area contributed by atoms with E-state index in [0.717, 1.165) is 0 Å². The van der Waals surface area contributed by atoms with Crippen LogP contribution in [0.15, 0.2) is 0 Å². The summed E-state index contributed by atoms with van der Waals surface area (Å²) in [6, 6.07) is 0. The van der Waals surface area contributed by atoms with Crippen molar-refractivity contribution in [3.8, 4) is 0 Å². The third-order valence-corrected chi connectivity index (χ3v) is 0. The van der Waals surface area contributed by atoms with Gasteiger partial charge in [-0.15, -0.1) is 0 Å². The summed E-state index contributed by atoms with van der Waals surface area (Å²) in [5, 5.41) is 14.8. The fraction of sp³-hybridized carbons (Fsp3) is 0. The van der Waals surface area contributed by atoms with Crippen LogP contribution in [0.5, 0.6) is 0 Å². The molecule has 84 valence electrons. The molecule has 0 heterocycles. The molecule has 0 bridgehead atoms. The summed E-state index contributed by atoms with van der Waals surface area (Å²) < 4.78 is 0. The zero-order chi connectivity index (χ0) is 3.58. The molecule has 0 aliphatic carbocycles. The summed E-state index contributed by atoms with van der Waals surface area (Å²) in [6.45, 7) is 0. The van der Waals surface area contributed by atoms with Gasteiger partial charge in [0.1, 0.15) is 0 Å². The second kappa shape index (κ2) is 99.8. The molecule has 0 aliphatic rings. The molecule has 0 atom stereocenters. The van der Waals surface area contributed by atoms with Crippen molar-refractivity contribution in [3.05, 3.63) is 15.3 Å². The van der Waals surface area contributed by atoms with E-state index in [9.17, 15) is 0 Å². The Balaban J connectivity index is -0.00000000161. The summed E-state index contributed by atoms with van der Waals surface area (Å²) >= 11 is 0. The first-order chi connectivity index (χ1) is 1.73. The number of hydrogen-bond acceptors (Lipinski definition) is 3. The fourth-order valence-corrected chi connectivity index (χ4v) is 0. The molecule has 0 spiro atoms. The van der Waals surface area contributed by atoms with Crippen LogP contribution in [0.1, 0.15) is 0 Å². The van der Waals surface area contributed by atoms with Gasteiger partial charge in [0.15, 0.2) is 0 Å². The zero-order valence-corrected chi connectivity index (χ0v) is 9.45. The van der Waals surface area contributed by atoms with Crippen LogP contribution >= 0.6 is 0 Å². The van der Waals surface area contributed by atoms with Crippen molar-refractivity contribution >= 4 is 0 Å². The molecule has 0 aromatic carbocycles. The molecule has 0 aliphatic heterocycles. The van der Waals surface area contributed by atoms with Gasteiger partial charge in [-0.05, 0) is 0 Å². The van der Waals surface area contributed by atoms with Crippen LogP contribution in [0.4, 0.5) is 0 Å². The van der Waals surface area contributed by atoms with Crippen molar-refractivity contribution in [2.45, 2.75) is 0 Å². The number of halogens is 1. The van der Waals surface area contributed by atoms with Crippen molar-refractivity contribution < 1.29 is 92.1 Å². The van der Waals surface area contributed by atoms with Gasteiger partial charge >= 0.3 is 0 Å². The Morgan fingerprint density at radius 3 is 0.750 bits per heavy atom. The van der Waals surface area contributed by atoms with Crippen molar-refractivity contribution in [1.29, 1.82) is 0 Å². The van der Waals surface area contributed by atoms with Crippen molar-refractivity contribution in [2.24, 2.45) is 0 Å². The Kier molecular flexibility index (Phi) is 1080. The van der Waals surface area contributed by atoms with Crippen LogP contribution in [0.25, 0.3) is 0 Å².